The molecule has 0 aliphatic carbocycles. The van der Waals surface area contributed by atoms with Crippen molar-refractivity contribution in [2.45, 2.75) is 39.9 Å². The van der Waals surface area contributed by atoms with Crippen LogP contribution in [0.5, 0.6) is 0 Å². The molecule has 4 heteroatoms. The number of fused-ring (bicyclic) bond motifs is 3. The summed E-state index contributed by atoms with van der Waals surface area (Å²) in [5.74, 6) is 0. The third kappa shape index (κ3) is 3.11. The molecule has 1 N–H and O–H groups in total. The van der Waals surface area contributed by atoms with E-state index in [1.807, 2.05) is 7.05 Å². The number of aryl methyl sites for hydroxylation is 1. The highest BCUT2D eigenvalue weighted by atomic mass is 32.1. The summed E-state index contributed by atoms with van der Waals surface area (Å²) in [4.78, 5) is 2.09. The molecule has 0 fully saturated rings. The van der Waals surface area contributed by atoms with Crippen molar-refractivity contribution in [3.63, 3.8) is 0 Å². The summed E-state index contributed by atoms with van der Waals surface area (Å²) in [6.45, 7) is 8.19. The van der Waals surface area contributed by atoms with Crippen molar-refractivity contribution in [1.82, 2.24) is 14.8 Å². The molecule has 0 atom stereocenters. The molecular weight excluding hydrogens is 314 g/mol. The molecule has 3 nitrogen and oxygen atoms in total. The second-order valence-electron chi connectivity index (χ2n) is 6.57. The van der Waals surface area contributed by atoms with Gasteiger partial charge in [0.15, 0.2) is 5.11 Å². The Kier molecular flexibility index (Phi) is 4.76. The summed E-state index contributed by atoms with van der Waals surface area (Å²) < 4.78 is 2.38. The molecule has 0 spiro atoms. The van der Waals surface area contributed by atoms with Gasteiger partial charge in [-0.15, -0.1) is 0 Å². The van der Waals surface area contributed by atoms with Gasteiger partial charge in [-0.05, 0) is 56.8 Å². The number of para-hydroxylation sites is 1. The molecule has 0 saturated heterocycles. The first-order valence-electron chi connectivity index (χ1n) is 8.52. The Balaban J connectivity index is 1.97. The van der Waals surface area contributed by atoms with E-state index in [-0.39, 0.29) is 0 Å². The fourth-order valence-corrected chi connectivity index (χ4v) is 3.54. The number of thiocarbonyl (C=S) groups is 1. The zero-order valence-electron chi connectivity index (χ0n) is 14.8. The maximum Gasteiger partial charge on any atom is 0.169 e. The molecule has 3 aromatic rings. The van der Waals surface area contributed by atoms with Gasteiger partial charge in [0.25, 0.3) is 0 Å². The SMILES string of the molecule is CCn1c2ccccc2c2cc(CN(C)C(=S)NC(C)C)ccc21. The van der Waals surface area contributed by atoms with Gasteiger partial charge in [-0.25, -0.2) is 0 Å². The van der Waals surface area contributed by atoms with Crippen LogP contribution in [0.1, 0.15) is 26.3 Å². The zero-order valence-corrected chi connectivity index (χ0v) is 15.7. The number of nitrogens with one attached hydrogen (secondary N) is 1. The molecule has 1 aromatic heterocycles. The average molecular weight is 340 g/mol. The summed E-state index contributed by atoms with van der Waals surface area (Å²) in [7, 11) is 2.04. The summed E-state index contributed by atoms with van der Waals surface area (Å²) in [5, 5.41) is 6.73. The van der Waals surface area contributed by atoms with Crippen LogP contribution in [0.25, 0.3) is 21.8 Å². The molecule has 1 heterocycles. The van der Waals surface area contributed by atoms with Crippen LogP contribution in [0, 0.1) is 0 Å². The van der Waals surface area contributed by atoms with E-state index in [1.54, 1.807) is 0 Å². The molecule has 0 radical (unpaired) electrons. The topological polar surface area (TPSA) is 20.2 Å². The minimum absolute atomic E-state index is 0.352. The fraction of sp³-hybridized carbons (Fsp3) is 0.350. The van der Waals surface area contributed by atoms with Gasteiger partial charge in [0, 0.05) is 48.0 Å². The van der Waals surface area contributed by atoms with E-state index < -0.39 is 0 Å². The number of hydrogen-bond acceptors (Lipinski definition) is 1. The van der Waals surface area contributed by atoms with E-state index in [9.17, 15) is 0 Å². The van der Waals surface area contributed by atoms with Gasteiger partial charge in [0.2, 0.25) is 0 Å². The van der Waals surface area contributed by atoms with E-state index in [1.165, 1.54) is 27.4 Å². The Hall–Kier alpha value is -2.07. The van der Waals surface area contributed by atoms with Crippen LogP contribution in [-0.2, 0) is 13.1 Å². The van der Waals surface area contributed by atoms with Crippen molar-refractivity contribution in [3.05, 3.63) is 48.0 Å². The van der Waals surface area contributed by atoms with Crippen molar-refractivity contribution < 1.29 is 0 Å². The first-order chi connectivity index (χ1) is 11.5. The lowest BCUT2D eigenvalue weighted by Gasteiger charge is -2.23. The molecule has 2 aromatic carbocycles. The average Bonchev–Trinajstić information content (AvgIpc) is 2.87. The lowest BCUT2D eigenvalue weighted by atomic mass is 10.1. The number of aromatic nitrogens is 1. The molecular formula is C20H25N3S. The smallest absolute Gasteiger partial charge is 0.169 e. The zero-order chi connectivity index (χ0) is 17.3. The number of rotatable bonds is 4. The van der Waals surface area contributed by atoms with E-state index in [4.69, 9.17) is 12.2 Å². The summed E-state index contributed by atoms with van der Waals surface area (Å²) in [6.07, 6.45) is 0. The molecule has 0 unspecified atom stereocenters. The minimum atomic E-state index is 0.352. The molecule has 0 aliphatic heterocycles. The second-order valence-corrected chi connectivity index (χ2v) is 6.96. The molecule has 0 amide bonds. The Morgan fingerprint density at radius 2 is 1.83 bits per heavy atom. The quantitative estimate of drug-likeness (QED) is 0.705. The van der Waals surface area contributed by atoms with Gasteiger partial charge >= 0.3 is 0 Å². The van der Waals surface area contributed by atoms with E-state index >= 15 is 0 Å². The number of hydrogen-bond donors (Lipinski definition) is 1. The summed E-state index contributed by atoms with van der Waals surface area (Å²) in [6, 6.07) is 15.7. The summed E-state index contributed by atoms with van der Waals surface area (Å²) >= 11 is 5.46. The molecule has 24 heavy (non-hydrogen) atoms. The molecule has 0 saturated carbocycles. The van der Waals surface area contributed by atoms with E-state index in [0.717, 1.165) is 18.2 Å². The Bertz CT molecular complexity index is 879. The normalized spacial score (nSPS) is 11.4. The first-order valence-corrected chi connectivity index (χ1v) is 8.93. The largest absolute Gasteiger partial charge is 0.360 e. The van der Waals surface area contributed by atoms with Crippen molar-refractivity contribution in [2.75, 3.05) is 7.05 Å². The van der Waals surface area contributed by atoms with Crippen LogP contribution >= 0.6 is 12.2 Å². The van der Waals surface area contributed by atoms with Gasteiger partial charge in [-0.2, -0.15) is 0 Å². The Morgan fingerprint density at radius 1 is 1.12 bits per heavy atom. The lowest BCUT2D eigenvalue weighted by Crippen LogP contribution is -2.40. The Morgan fingerprint density at radius 3 is 2.54 bits per heavy atom. The monoisotopic (exact) mass is 339 g/mol. The molecule has 0 bridgehead atoms. The van der Waals surface area contributed by atoms with Crippen molar-refractivity contribution >= 4 is 39.1 Å². The van der Waals surface area contributed by atoms with Crippen molar-refractivity contribution in [3.8, 4) is 0 Å². The van der Waals surface area contributed by atoms with Gasteiger partial charge in [-0.1, -0.05) is 24.3 Å². The van der Waals surface area contributed by atoms with E-state index in [0.29, 0.717) is 6.04 Å². The predicted octanol–water partition coefficient (Wildman–Crippen LogP) is 4.53. The van der Waals surface area contributed by atoms with Crippen LogP contribution in [0.3, 0.4) is 0 Å². The Labute approximate surface area is 149 Å². The second kappa shape index (κ2) is 6.81. The maximum absolute atomic E-state index is 5.46. The van der Waals surface area contributed by atoms with Crippen molar-refractivity contribution in [2.24, 2.45) is 0 Å². The van der Waals surface area contributed by atoms with E-state index in [2.05, 4.69) is 78.0 Å². The standard InChI is InChI=1S/C20H25N3S/c1-5-23-18-9-7-6-8-16(18)17-12-15(10-11-19(17)23)13-22(4)20(24)21-14(2)3/h6-12,14H,5,13H2,1-4H3,(H,21,24). The van der Waals surface area contributed by atoms with Crippen LogP contribution in [0.4, 0.5) is 0 Å². The van der Waals surface area contributed by atoms with Crippen molar-refractivity contribution in [1.29, 1.82) is 0 Å². The number of nitrogens with zero attached hydrogens (tertiary/aromatic N) is 2. The van der Waals surface area contributed by atoms with Crippen LogP contribution < -0.4 is 5.32 Å². The van der Waals surface area contributed by atoms with Gasteiger partial charge in [-0.3, -0.25) is 0 Å². The van der Waals surface area contributed by atoms with Crippen LogP contribution in [0.15, 0.2) is 42.5 Å². The molecule has 126 valence electrons. The van der Waals surface area contributed by atoms with Crippen LogP contribution in [0.2, 0.25) is 0 Å². The van der Waals surface area contributed by atoms with Gasteiger partial charge in [0.1, 0.15) is 0 Å². The highest BCUT2D eigenvalue weighted by Gasteiger charge is 2.11. The number of benzene rings is 2. The molecule has 0 aliphatic rings. The highest BCUT2D eigenvalue weighted by Crippen LogP contribution is 2.29. The summed E-state index contributed by atoms with van der Waals surface area (Å²) in [5.41, 5.74) is 3.88. The predicted molar refractivity (Wildman–Crippen MR) is 107 cm³/mol. The third-order valence-electron chi connectivity index (χ3n) is 4.33. The maximum atomic E-state index is 5.46. The fourth-order valence-electron chi connectivity index (χ4n) is 3.24. The molecule has 3 rings (SSSR count). The first kappa shape index (κ1) is 16.8. The third-order valence-corrected chi connectivity index (χ3v) is 4.76. The lowest BCUT2D eigenvalue weighted by molar-refractivity contribution is 0.481. The van der Waals surface area contributed by atoms with Gasteiger partial charge in [0.05, 0.1) is 0 Å². The minimum Gasteiger partial charge on any atom is -0.360 e. The van der Waals surface area contributed by atoms with Gasteiger partial charge < -0.3 is 14.8 Å². The highest BCUT2D eigenvalue weighted by molar-refractivity contribution is 7.80. The van der Waals surface area contributed by atoms with Crippen LogP contribution in [-0.4, -0.2) is 27.7 Å².